The van der Waals surface area contributed by atoms with E-state index in [1.807, 2.05) is 30.1 Å². The second-order valence-corrected chi connectivity index (χ2v) is 18.5. The molecule has 0 spiro atoms. The van der Waals surface area contributed by atoms with E-state index in [9.17, 15) is 0 Å². The Morgan fingerprint density at radius 2 is 0.900 bits per heavy atom. The van der Waals surface area contributed by atoms with Crippen molar-refractivity contribution in [1.29, 1.82) is 0 Å². The summed E-state index contributed by atoms with van der Waals surface area (Å²) in [5.41, 5.74) is 4.24. The monoisotopic (exact) mass is 811 g/mol. The summed E-state index contributed by atoms with van der Waals surface area (Å²) in [7, 11) is -2.81. The van der Waals surface area contributed by atoms with Crippen molar-refractivity contribution in [3.8, 4) is 0 Å². The lowest BCUT2D eigenvalue weighted by atomic mass is 9.92. The average molecular weight is 812 g/mol. The summed E-state index contributed by atoms with van der Waals surface area (Å²) in [6.07, 6.45) is 4.99. The third kappa shape index (κ3) is 7.26. The molecule has 0 aliphatic carbocycles. The molecule has 0 saturated heterocycles. The molecule has 11 heteroatoms. The molecule has 8 aromatic carbocycles. The fourth-order valence-electron chi connectivity index (χ4n) is 9.39. The maximum absolute atomic E-state index is 6.21. The maximum Gasteiger partial charge on any atom is 0.500 e. The molecule has 0 amide bonds. The summed E-state index contributed by atoms with van der Waals surface area (Å²) >= 11 is 0. The van der Waals surface area contributed by atoms with Crippen molar-refractivity contribution < 1.29 is 13.3 Å². The molecule has 60 heavy (non-hydrogen) atoms. The van der Waals surface area contributed by atoms with E-state index in [0.29, 0.717) is 46.0 Å². The Hall–Kier alpha value is -5.82. The van der Waals surface area contributed by atoms with Gasteiger partial charge in [-0.25, -0.2) is 9.36 Å². The van der Waals surface area contributed by atoms with Gasteiger partial charge in [0, 0.05) is 39.0 Å². The molecular weight excluding hydrogens is 763 g/mol. The van der Waals surface area contributed by atoms with Crippen LogP contribution in [0.15, 0.2) is 122 Å². The lowest BCUT2D eigenvalue weighted by molar-refractivity contribution is 0.0697. The quantitative estimate of drug-likeness (QED) is 0.0625. The summed E-state index contributed by atoms with van der Waals surface area (Å²) in [6.45, 7) is 10.9. The van der Waals surface area contributed by atoms with Gasteiger partial charge in [0.1, 0.15) is 0 Å². The summed E-state index contributed by atoms with van der Waals surface area (Å²) in [5, 5.41) is 34.0. The predicted molar refractivity (Wildman–Crippen MR) is 243 cm³/mol. The molecule has 0 aliphatic heterocycles. The minimum absolute atomic E-state index is 0.556. The standard InChI is InChI=1S/C49H49N7O3Si/c1-4-57-60(58-5-2,59-6-3)27-9-26-54(30-42-32-55(52-50-42)28-40-20-18-38-16-14-34-10-7-12-36-22-24-44(40)48(38)46(34)36)31-43-33-56(53-51-43)29-41-21-19-39-17-15-35-11-8-13-37-23-25-45(41)49(39)47(35)37/h7-8,10-25,32-33H,4-6,9,26-31H2,1-3H3. The van der Waals surface area contributed by atoms with Crippen molar-refractivity contribution in [3.63, 3.8) is 0 Å². The fraction of sp³-hybridized carbons (Fsp3) is 0.265. The van der Waals surface area contributed by atoms with Crippen LogP contribution in [0.5, 0.6) is 0 Å². The van der Waals surface area contributed by atoms with E-state index in [1.165, 1.54) is 75.8 Å². The Morgan fingerprint density at radius 1 is 0.500 bits per heavy atom. The third-order valence-corrected chi connectivity index (χ3v) is 15.0. The second-order valence-electron chi connectivity index (χ2n) is 15.8. The largest absolute Gasteiger partial charge is 0.500 e. The molecule has 0 saturated carbocycles. The highest BCUT2D eigenvalue weighted by atomic mass is 28.4. The normalized spacial score (nSPS) is 12.6. The SMILES string of the molecule is CCO[Si](CCCN(Cc1cn(Cc2ccc3ccc4cccc5ccc2c3c45)nn1)Cc1cn(Cc2ccc3ccc4cccc5ccc2c3c45)nn1)(OCC)OCC. The van der Waals surface area contributed by atoms with Crippen molar-refractivity contribution in [2.24, 2.45) is 0 Å². The molecule has 0 fully saturated rings. The van der Waals surface area contributed by atoms with Gasteiger partial charge in [-0.15, -0.1) is 10.2 Å². The van der Waals surface area contributed by atoms with E-state index in [-0.39, 0.29) is 0 Å². The fourth-order valence-corrected chi connectivity index (χ4v) is 12.0. The van der Waals surface area contributed by atoms with Crippen LogP contribution < -0.4 is 0 Å². The molecular formula is C49H49N7O3Si. The van der Waals surface area contributed by atoms with Gasteiger partial charge < -0.3 is 13.3 Å². The first-order valence-electron chi connectivity index (χ1n) is 21.2. The number of benzene rings is 8. The van der Waals surface area contributed by atoms with Gasteiger partial charge in [0.05, 0.1) is 36.9 Å². The highest BCUT2D eigenvalue weighted by Gasteiger charge is 2.39. The van der Waals surface area contributed by atoms with E-state index in [0.717, 1.165) is 30.4 Å². The summed E-state index contributed by atoms with van der Waals surface area (Å²) in [5.74, 6) is 0. The number of hydrogen-bond acceptors (Lipinski definition) is 8. The van der Waals surface area contributed by atoms with Crippen LogP contribution in [0.25, 0.3) is 64.6 Å². The summed E-state index contributed by atoms with van der Waals surface area (Å²) < 4.78 is 22.6. The Labute approximate surface area is 350 Å². The molecule has 0 N–H and O–H groups in total. The Balaban J connectivity index is 0.898. The van der Waals surface area contributed by atoms with Crippen molar-refractivity contribution in [2.75, 3.05) is 26.4 Å². The lowest BCUT2D eigenvalue weighted by Crippen LogP contribution is -2.46. The van der Waals surface area contributed by atoms with Crippen LogP contribution in [0.3, 0.4) is 0 Å². The van der Waals surface area contributed by atoms with E-state index < -0.39 is 8.80 Å². The van der Waals surface area contributed by atoms with Gasteiger partial charge in [-0.2, -0.15) is 0 Å². The van der Waals surface area contributed by atoms with Gasteiger partial charge in [-0.3, -0.25) is 4.90 Å². The van der Waals surface area contributed by atoms with Crippen molar-refractivity contribution >= 4 is 73.4 Å². The minimum atomic E-state index is -2.81. The third-order valence-electron chi connectivity index (χ3n) is 11.9. The molecule has 0 aliphatic rings. The van der Waals surface area contributed by atoms with Crippen LogP contribution in [0.1, 0.15) is 49.7 Å². The number of nitrogens with zero attached hydrogens (tertiary/aromatic N) is 7. The molecule has 10 rings (SSSR count). The summed E-state index contributed by atoms with van der Waals surface area (Å²) in [4.78, 5) is 2.37. The van der Waals surface area contributed by atoms with E-state index in [1.54, 1.807) is 0 Å². The smallest absolute Gasteiger partial charge is 0.374 e. The van der Waals surface area contributed by atoms with Crippen LogP contribution >= 0.6 is 0 Å². The van der Waals surface area contributed by atoms with E-state index in [2.05, 4.69) is 137 Å². The molecule has 10 aromatic rings. The van der Waals surface area contributed by atoms with E-state index in [4.69, 9.17) is 23.5 Å². The zero-order chi connectivity index (χ0) is 40.6. The number of rotatable bonds is 18. The average Bonchev–Trinajstić information content (AvgIpc) is 3.91. The molecule has 2 aromatic heterocycles. The molecule has 302 valence electrons. The molecule has 0 atom stereocenters. The van der Waals surface area contributed by atoms with Crippen LogP contribution in [0, 0.1) is 0 Å². The molecule has 2 heterocycles. The zero-order valence-corrected chi connectivity index (χ0v) is 35.5. The Kier molecular flexibility index (Phi) is 10.4. The predicted octanol–water partition coefficient (Wildman–Crippen LogP) is 10.2. The van der Waals surface area contributed by atoms with Gasteiger partial charge in [-0.05, 0) is 109 Å². The maximum atomic E-state index is 6.21. The van der Waals surface area contributed by atoms with Crippen LogP contribution in [0.4, 0.5) is 0 Å². The highest BCUT2D eigenvalue weighted by molar-refractivity contribution is 6.60. The molecule has 10 nitrogen and oxygen atoms in total. The van der Waals surface area contributed by atoms with Gasteiger partial charge in [0.15, 0.2) is 0 Å². The van der Waals surface area contributed by atoms with Gasteiger partial charge in [-0.1, -0.05) is 120 Å². The zero-order valence-electron chi connectivity index (χ0n) is 34.5. The lowest BCUT2D eigenvalue weighted by Gasteiger charge is -2.29. The Bertz CT molecular complexity index is 2830. The highest BCUT2D eigenvalue weighted by Crippen LogP contribution is 2.37. The summed E-state index contributed by atoms with van der Waals surface area (Å²) in [6, 6.07) is 40.6. The topological polar surface area (TPSA) is 92.4 Å². The number of hydrogen-bond donors (Lipinski definition) is 0. The van der Waals surface area contributed by atoms with Crippen molar-refractivity contribution in [3.05, 3.63) is 144 Å². The minimum Gasteiger partial charge on any atom is -0.374 e. The van der Waals surface area contributed by atoms with Crippen molar-refractivity contribution in [2.45, 2.75) is 59.4 Å². The van der Waals surface area contributed by atoms with Gasteiger partial charge >= 0.3 is 8.80 Å². The first-order valence-corrected chi connectivity index (χ1v) is 23.2. The Morgan fingerprint density at radius 3 is 1.33 bits per heavy atom. The van der Waals surface area contributed by atoms with Crippen molar-refractivity contribution in [1.82, 2.24) is 34.9 Å². The van der Waals surface area contributed by atoms with Gasteiger partial charge in [0.2, 0.25) is 0 Å². The molecule has 0 bridgehead atoms. The van der Waals surface area contributed by atoms with Crippen LogP contribution in [-0.4, -0.2) is 70.1 Å². The molecule has 0 radical (unpaired) electrons. The van der Waals surface area contributed by atoms with Crippen LogP contribution in [0.2, 0.25) is 6.04 Å². The van der Waals surface area contributed by atoms with E-state index >= 15 is 0 Å². The van der Waals surface area contributed by atoms with Gasteiger partial charge in [0.25, 0.3) is 0 Å². The first-order chi connectivity index (χ1) is 29.5. The second kappa shape index (κ2) is 16.3. The number of aromatic nitrogens is 6. The van der Waals surface area contributed by atoms with Crippen LogP contribution in [-0.2, 0) is 39.5 Å². The molecule has 0 unspecified atom stereocenters. The first kappa shape index (κ1) is 38.4.